The summed E-state index contributed by atoms with van der Waals surface area (Å²) in [6.07, 6.45) is 2.19. The molecule has 7 nitrogen and oxygen atoms in total. The fraction of sp³-hybridized carbons (Fsp3) is 0.273. The maximum atomic E-state index is 5.38. The molecule has 0 saturated heterocycles. The highest BCUT2D eigenvalue weighted by atomic mass is 16.5. The van der Waals surface area contributed by atoms with Gasteiger partial charge in [0.15, 0.2) is 5.82 Å². The maximum Gasteiger partial charge on any atom is 0.216 e. The predicted octanol–water partition coefficient (Wildman–Crippen LogP) is 0.790. The number of nitrogen functional groups attached to an aromatic ring is 1. The van der Waals surface area contributed by atoms with Gasteiger partial charge in [-0.2, -0.15) is 0 Å². The van der Waals surface area contributed by atoms with Gasteiger partial charge in [0.05, 0.1) is 7.11 Å². The van der Waals surface area contributed by atoms with E-state index in [-0.39, 0.29) is 0 Å². The normalized spacial score (nSPS) is 10.2. The molecule has 18 heavy (non-hydrogen) atoms. The first kappa shape index (κ1) is 12.2. The molecule has 0 unspecified atom stereocenters. The van der Waals surface area contributed by atoms with Crippen molar-refractivity contribution in [3.63, 3.8) is 0 Å². The third kappa shape index (κ3) is 2.51. The van der Waals surface area contributed by atoms with Gasteiger partial charge in [-0.25, -0.2) is 25.8 Å². The number of nitrogens with zero attached hydrogens (tertiary/aromatic N) is 4. The highest BCUT2D eigenvalue weighted by Gasteiger charge is 2.08. The lowest BCUT2D eigenvalue weighted by molar-refractivity contribution is 0.397. The predicted molar refractivity (Wildman–Crippen MR) is 66.8 cm³/mol. The first-order valence-corrected chi connectivity index (χ1v) is 5.47. The molecule has 2 rings (SSSR count). The lowest BCUT2D eigenvalue weighted by Crippen LogP contribution is -2.10. The molecule has 0 spiro atoms. The second-order valence-corrected chi connectivity index (χ2v) is 3.51. The number of hydrogen-bond acceptors (Lipinski definition) is 7. The minimum Gasteiger partial charge on any atom is -0.481 e. The number of hydrazine groups is 1. The number of rotatable bonds is 4. The first-order chi connectivity index (χ1) is 8.76. The highest BCUT2D eigenvalue weighted by Crippen LogP contribution is 2.18. The molecular formula is C11H14N6O. The topological polar surface area (TPSA) is 98.8 Å². The average molecular weight is 246 g/mol. The molecule has 0 amide bonds. The maximum absolute atomic E-state index is 5.38. The van der Waals surface area contributed by atoms with Crippen LogP contribution < -0.4 is 16.0 Å². The number of nitrogens with one attached hydrogen (secondary N) is 1. The van der Waals surface area contributed by atoms with E-state index in [9.17, 15) is 0 Å². The first-order valence-electron chi connectivity index (χ1n) is 5.47. The summed E-state index contributed by atoms with van der Waals surface area (Å²) >= 11 is 0. The van der Waals surface area contributed by atoms with Crippen LogP contribution in [-0.4, -0.2) is 27.0 Å². The summed E-state index contributed by atoms with van der Waals surface area (Å²) in [7, 11) is 1.54. The summed E-state index contributed by atoms with van der Waals surface area (Å²) in [6, 6.07) is 3.47. The third-order valence-electron chi connectivity index (χ3n) is 2.37. The van der Waals surface area contributed by atoms with E-state index in [1.807, 2.05) is 6.92 Å². The molecule has 0 atom stereocenters. The molecule has 3 N–H and O–H groups in total. The van der Waals surface area contributed by atoms with Crippen LogP contribution in [-0.2, 0) is 6.42 Å². The van der Waals surface area contributed by atoms with Crippen LogP contribution >= 0.6 is 0 Å². The van der Waals surface area contributed by atoms with Gasteiger partial charge < -0.3 is 10.2 Å². The molecule has 94 valence electrons. The Balaban J connectivity index is 2.48. The number of nitrogens with two attached hydrogens (primary N) is 1. The third-order valence-corrected chi connectivity index (χ3v) is 2.37. The zero-order chi connectivity index (χ0) is 13.0. The molecule has 0 aliphatic rings. The molecule has 0 aliphatic carbocycles. The lowest BCUT2D eigenvalue weighted by atomic mass is 10.3. The van der Waals surface area contributed by atoms with E-state index in [2.05, 4.69) is 25.4 Å². The van der Waals surface area contributed by atoms with E-state index < -0.39 is 0 Å². The Hall–Kier alpha value is -2.28. The summed E-state index contributed by atoms with van der Waals surface area (Å²) in [4.78, 5) is 16.7. The van der Waals surface area contributed by atoms with Crippen LogP contribution in [0.1, 0.15) is 12.6 Å². The number of ether oxygens (including phenoxy) is 1. The standard InChI is InChI=1S/C11H14N6O/c1-3-7-4-9(17-12)16-11(15-7)8-5-10(18-2)14-6-13-8/h4-6H,3,12H2,1-2H3,(H,15,16,17). The molecule has 0 fully saturated rings. The van der Waals surface area contributed by atoms with Gasteiger partial charge in [-0.1, -0.05) is 6.92 Å². The zero-order valence-corrected chi connectivity index (χ0v) is 10.2. The van der Waals surface area contributed by atoms with Crippen LogP contribution in [0.3, 0.4) is 0 Å². The summed E-state index contributed by atoms with van der Waals surface area (Å²) < 4.78 is 5.04. The second-order valence-electron chi connectivity index (χ2n) is 3.51. The van der Waals surface area contributed by atoms with E-state index in [1.165, 1.54) is 6.33 Å². The average Bonchev–Trinajstić information content (AvgIpc) is 2.46. The van der Waals surface area contributed by atoms with Gasteiger partial charge >= 0.3 is 0 Å². The fourth-order valence-electron chi connectivity index (χ4n) is 1.44. The summed E-state index contributed by atoms with van der Waals surface area (Å²) in [5, 5.41) is 0. The lowest BCUT2D eigenvalue weighted by Gasteiger charge is -2.06. The van der Waals surface area contributed by atoms with Crippen LogP contribution in [0.4, 0.5) is 5.82 Å². The fourth-order valence-corrected chi connectivity index (χ4v) is 1.44. The van der Waals surface area contributed by atoms with Crippen LogP contribution in [0.15, 0.2) is 18.5 Å². The van der Waals surface area contributed by atoms with E-state index in [1.54, 1.807) is 19.2 Å². The van der Waals surface area contributed by atoms with Gasteiger partial charge in [0.1, 0.15) is 17.8 Å². The van der Waals surface area contributed by atoms with Crippen molar-refractivity contribution in [3.8, 4) is 17.4 Å². The van der Waals surface area contributed by atoms with Crippen molar-refractivity contribution in [2.45, 2.75) is 13.3 Å². The Morgan fingerprint density at radius 1 is 1.28 bits per heavy atom. The Morgan fingerprint density at radius 2 is 2.11 bits per heavy atom. The van der Waals surface area contributed by atoms with E-state index in [0.29, 0.717) is 23.2 Å². The molecule has 0 saturated carbocycles. The van der Waals surface area contributed by atoms with Gasteiger partial charge in [-0.3, -0.25) is 0 Å². The number of methoxy groups -OCH3 is 1. The minimum absolute atomic E-state index is 0.466. The Kier molecular flexibility index (Phi) is 3.63. The SMILES string of the molecule is CCc1cc(NN)nc(-c2cc(OC)ncn2)n1. The van der Waals surface area contributed by atoms with Crippen molar-refractivity contribution in [1.29, 1.82) is 0 Å². The molecule has 0 bridgehead atoms. The van der Waals surface area contributed by atoms with Gasteiger partial charge in [0, 0.05) is 17.8 Å². The van der Waals surface area contributed by atoms with E-state index in [0.717, 1.165) is 12.1 Å². The molecule has 2 aromatic rings. The summed E-state index contributed by atoms with van der Waals surface area (Å²) in [5.74, 6) is 6.88. The zero-order valence-electron chi connectivity index (χ0n) is 10.2. The number of aryl methyl sites for hydroxylation is 1. The molecule has 0 aromatic carbocycles. The van der Waals surface area contributed by atoms with Crippen molar-refractivity contribution >= 4 is 5.82 Å². The van der Waals surface area contributed by atoms with Gasteiger partial charge in [0.2, 0.25) is 5.88 Å². The minimum atomic E-state index is 0.466. The Morgan fingerprint density at radius 3 is 2.78 bits per heavy atom. The second kappa shape index (κ2) is 5.37. The van der Waals surface area contributed by atoms with E-state index in [4.69, 9.17) is 10.6 Å². The molecule has 0 radical (unpaired) electrons. The van der Waals surface area contributed by atoms with E-state index >= 15 is 0 Å². The van der Waals surface area contributed by atoms with Crippen LogP contribution in [0.2, 0.25) is 0 Å². The highest BCUT2D eigenvalue weighted by molar-refractivity contribution is 5.53. The summed E-state index contributed by atoms with van der Waals surface area (Å²) in [5.41, 5.74) is 3.99. The van der Waals surface area contributed by atoms with Gasteiger partial charge in [0.25, 0.3) is 0 Å². The van der Waals surface area contributed by atoms with Gasteiger partial charge in [-0.15, -0.1) is 0 Å². The number of hydrogen-bond donors (Lipinski definition) is 2. The van der Waals surface area contributed by atoms with Crippen molar-refractivity contribution in [2.24, 2.45) is 5.84 Å². The van der Waals surface area contributed by atoms with Crippen molar-refractivity contribution in [3.05, 3.63) is 24.2 Å². The van der Waals surface area contributed by atoms with Crippen LogP contribution in [0.5, 0.6) is 5.88 Å². The van der Waals surface area contributed by atoms with Crippen molar-refractivity contribution in [2.75, 3.05) is 12.5 Å². The number of aromatic nitrogens is 4. The monoisotopic (exact) mass is 246 g/mol. The molecule has 7 heteroatoms. The quantitative estimate of drug-likeness (QED) is 0.607. The van der Waals surface area contributed by atoms with Crippen molar-refractivity contribution in [1.82, 2.24) is 19.9 Å². The Labute approximate surface area is 104 Å². The Bertz CT molecular complexity index is 523. The molecule has 2 aromatic heterocycles. The van der Waals surface area contributed by atoms with Crippen molar-refractivity contribution < 1.29 is 4.74 Å². The summed E-state index contributed by atoms with van der Waals surface area (Å²) in [6.45, 7) is 2.01. The molecule has 2 heterocycles. The largest absolute Gasteiger partial charge is 0.481 e. The molecular weight excluding hydrogens is 232 g/mol. The van der Waals surface area contributed by atoms with Crippen LogP contribution in [0.25, 0.3) is 11.5 Å². The smallest absolute Gasteiger partial charge is 0.216 e. The molecule has 0 aliphatic heterocycles. The van der Waals surface area contributed by atoms with Crippen LogP contribution in [0, 0.1) is 0 Å². The van der Waals surface area contributed by atoms with Gasteiger partial charge in [-0.05, 0) is 6.42 Å². The number of anilines is 1.